The van der Waals surface area contributed by atoms with Gasteiger partial charge in [0.1, 0.15) is 5.60 Å². The Hall–Kier alpha value is -2.60. The molecule has 0 radical (unpaired) electrons. The molecule has 1 heterocycles. The standard InChI is InChI=1S/C9H15BrN2.C7H12O.C6H12O2.C6H12O.C3H8O2.CH4N2/c1-5-8(10)9(6(2)11)7(3)12-4;1-3-7-5-4-6(2)8-7;1-5(7)8-6(2,3)4;1-5-7-6(2,3)4;1-3(2,4)5;2-1-3/h5,12H,2,11H2,1,3-4H3;3,6-7H,1,4-5H2,2H3;1-4H3;5H,1H2,2-4H3;4-5H,1-2H3;1H,(H3,2,3)/b8-5+,9-7-;;;;;. The maximum atomic E-state index is 10.2. The summed E-state index contributed by atoms with van der Waals surface area (Å²) in [6.07, 6.45) is 9.17. The number of carbonyl (C=O) groups excluding carboxylic acids is 1. The highest BCUT2D eigenvalue weighted by Gasteiger charge is 2.17. The number of halogens is 1. The van der Waals surface area contributed by atoms with E-state index in [2.05, 4.69) is 53.6 Å². The Morgan fingerprint density at radius 2 is 1.49 bits per heavy atom. The normalized spacial score (nSPS) is 16.3. The molecule has 1 aliphatic rings. The number of aliphatic hydroxyl groups is 2. The van der Waals surface area contributed by atoms with E-state index in [1.165, 1.54) is 33.5 Å². The quantitative estimate of drug-likeness (QED) is 0.0359. The molecule has 0 amide bonds. The zero-order chi connectivity index (χ0) is 35.6. The topological polar surface area (TPSA) is 173 Å². The largest absolute Gasteiger partial charge is 0.496 e. The summed E-state index contributed by atoms with van der Waals surface area (Å²) in [5.41, 5.74) is 12.1. The van der Waals surface area contributed by atoms with Crippen LogP contribution in [0, 0.1) is 5.41 Å². The Kier molecular flexibility index (Phi) is 31.4. The van der Waals surface area contributed by atoms with E-state index in [0.29, 0.717) is 17.9 Å². The van der Waals surface area contributed by atoms with Crippen LogP contribution in [0.5, 0.6) is 0 Å². The SMILES string of the molecule is C=C(N)C(=C(\C)NC)/C(Br)=C\C.C=CC1CCC(C)O1.C=COC(C)(C)C.CC(=O)OC(C)(C)C.CC(C)(O)O.N=CN. The van der Waals surface area contributed by atoms with E-state index in [0.717, 1.165) is 28.5 Å². The van der Waals surface area contributed by atoms with E-state index in [4.69, 9.17) is 35.6 Å². The van der Waals surface area contributed by atoms with Crippen molar-refractivity contribution in [1.29, 1.82) is 5.41 Å². The van der Waals surface area contributed by atoms with Gasteiger partial charge in [0.2, 0.25) is 0 Å². The molecule has 2 atom stereocenters. The lowest BCUT2D eigenvalue weighted by molar-refractivity contribution is -0.151. The molecular weight excluding hydrogens is 616 g/mol. The lowest BCUT2D eigenvalue weighted by atomic mass is 10.1. The van der Waals surface area contributed by atoms with E-state index >= 15 is 0 Å². The summed E-state index contributed by atoms with van der Waals surface area (Å²) in [7, 11) is 1.86. The first-order chi connectivity index (χ1) is 19.3. The fourth-order valence-corrected chi connectivity index (χ4v) is 3.08. The van der Waals surface area contributed by atoms with Crippen LogP contribution < -0.4 is 16.8 Å². The zero-order valence-electron chi connectivity index (χ0n) is 29.1. The Morgan fingerprint density at radius 3 is 1.60 bits per heavy atom. The van der Waals surface area contributed by atoms with Crippen LogP contribution in [0.15, 0.2) is 59.6 Å². The number of nitrogens with one attached hydrogen (secondary N) is 2. The highest BCUT2D eigenvalue weighted by Crippen LogP contribution is 2.23. The first-order valence-corrected chi connectivity index (χ1v) is 14.6. The average Bonchev–Trinajstić information content (AvgIpc) is 3.22. The minimum Gasteiger partial charge on any atom is -0.496 e. The third-order valence-electron chi connectivity index (χ3n) is 3.98. The first kappa shape index (κ1) is 50.0. The van der Waals surface area contributed by atoms with Gasteiger partial charge in [-0.1, -0.05) is 41.2 Å². The Balaban J connectivity index is -0.000000140. The van der Waals surface area contributed by atoms with Gasteiger partial charge in [-0.25, -0.2) is 0 Å². The minimum atomic E-state index is -1.50. The average molecular weight is 680 g/mol. The second-order valence-corrected chi connectivity index (χ2v) is 12.3. The van der Waals surface area contributed by atoms with Crippen LogP contribution >= 0.6 is 15.9 Å². The van der Waals surface area contributed by atoms with Crippen LogP contribution in [0.25, 0.3) is 0 Å². The molecule has 1 saturated heterocycles. The molecule has 0 aromatic carbocycles. The van der Waals surface area contributed by atoms with Gasteiger partial charge in [-0.05, 0) is 89.0 Å². The van der Waals surface area contributed by atoms with E-state index in [9.17, 15) is 4.79 Å². The van der Waals surface area contributed by atoms with Gasteiger partial charge in [-0.2, -0.15) is 0 Å². The van der Waals surface area contributed by atoms with E-state index in [1.807, 2.05) is 74.6 Å². The monoisotopic (exact) mass is 678 g/mol. The van der Waals surface area contributed by atoms with E-state index < -0.39 is 5.79 Å². The van der Waals surface area contributed by atoms with Gasteiger partial charge in [-0.3, -0.25) is 10.2 Å². The Labute approximate surface area is 271 Å². The number of nitrogens with two attached hydrogens (primary N) is 2. The number of rotatable bonds is 5. The molecule has 1 aliphatic heterocycles. The number of esters is 1. The Morgan fingerprint density at radius 1 is 1.07 bits per heavy atom. The van der Waals surface area contributed by atoms with E-state index in [1.54, 1.807) is 0 Å². The van der Waals surface area contributed by atoms with Gasteiger partial charge in [0, 0.05) is 35.4 Å². The third-order valence-corrected chi connectivity index (χ3v) is 4.83. The van der Waals surface area contributed by atoms with Crippen LogP contribution in [0.2, 0.25) is 0 Å². The zero-order valence-corrected chi connectivity index (χ0v) is 30.6. The molecule has 8 N–H and O–H groups in total. The molecule has 11 heteroatoms. The highest BCUT2D eigenvalue weighted by atomic mass is 79.9. The number of hydrogen-bond acceptors (Lipinski definition) is 9. The summed E-state index contributed by atoms with van der Waals surface area (Å²) in [5.74, 6) is -1.72. The summed E-state index contributed by atoms with van der Waals surface area (Å²) in [4.78, 5) is 10.2. The lowest BCUT2D eigenvalue weighted by Crippen LogP contribution is -2.21. The summed E-state index contributed by atoms with van der Waals surface area (Å²) in [5, 5.41) is 25.0. The maximum absolute atomic E-state index is 10.2. The molecule has 254 valence electrons. The first-order valence-electron chi connectivity index (χ1n) is 13.8. The van der Waals surface area contributed by atoms with E-state index in [-0.39, 0.29) is 17.2 Å². The number of ether oxygens (including phenoxy) is 3. The highest BCUT2D eigenvalue weighted by molar-refractivity contribution is 9.12. The maximum Gasteiger partial charge on any atom is 0.303 e. The van der Waals surface area contributed by atoms with Crippen molar-refractivity contribution in [3.63, 3.8) is 0 Å². The second kappa shape index (κ2) is 27.0. The molecule has 0 aromatic heterocycles. The van der Waals surface area contributed by atoms with Crippen LogP contribution in [-0.2, 0) is 19.0 Å². The second-order valence-electron chi connectivity index (χ2n) is 11.5. The molecule has 1 fully saturated rings. The molecule has 0 saturated carbocycles. The predicted molar refractivity (Wildman–Crippen MR) is 186 cm³/mol. The van der Waals surface area contributed by atoms with Crippen LogP contribution in [0.1, 0.15) is 95.9 Å². The van der Waals surface area contributed by atoms with Crippen molar-refractivity contribution >= 4 is 28.2 Å². The van der Waals surface area contributed by atoms with Crippen molar-refractivity contribution in [1.82, 2.24) is 5.32 Å². The van der Waals surface area contributed by atoms with Gasteiger partial charge in [-0.15, -0.1) is 6.58 Å². The van der Waals surface area contributed by atoms with Gasteiger partial charge >= 0.3 is 5.97 Å². The van der Waals surface area contributed by atoms with Crippen molar-refractivity contribution in [2.45, 2.75) is 125 Å². The van der Waals surface area contributed by atoms with Gasteiger partial charge in [0.15, 0.2) is 5.79 Å². The fourth-order valence-electron chi connectivity index (χ4n) is 2.53. The molecular formula is C32H63BrN4O6. The minimum absolute atomic E-state index is 0.0677. The summed E-state index contributed by atoms with van der Waals surface area (Å²) in [6.45, 7) is 32.2. The summed E-state index contributed by atoms with van der Waals surface area (Å²) < 4.78 is 16.1. The third kappa shape index (κ3) is 49.4. The van der Waals surface area contributed by atoms with Crippen molar-refractivity contribution in [2.75, 3.05) is 7.05 Å². The number of hydrogen-bond donors (Lipinski definition) is 6. The lowest BCUT2D eigenvalue weighted by Gasteiger charge is -2.17. The van der Waals surface area contributed by atoms with Gasteiger partial charge in [0.05, 0.1) is 30.4 Å². The van der Waals surface area contributed by atoms with Crippen LogP contribution in [0.3, 0.4) is 0 Å². The van der Waals surface area contributed by atoms with Crippen molar-refractivity contribution in [3.8, 4) is 0 Å². The molecule has 2 unspecified atom stereocenters. The smallest absolute Gasteiger partial charge is 0.303 e. The Bertz CT molecular complexity index is 845. The molecule has 1 rings (SSSR count). The molecule has 0 bridgehead atoms. The van der Waals surface area contributed by atoms with Crippen molar-refractivity contribution < 1.29 is 29.2 Å². The summed E-state index contributed by atoms with van der Waals surface area (Å²) >= 11 is 3.41. The fraction of sp³-hybridized carbons (Fsp3) is 0.625. The number of allylic oxidation sites excluding steroid dienone is 3. The molecule has 0 aromatic rings. The molecule has 0 spiro atoms. The van der Waals surface area contributed by atoms with Crippen molar-refractivity contribution in [3.05, 3.63) is 59.6 Å². The van der Waals surface area contributed by atoms with Crippen LogP contribution in [-0.4, -0.2) is 58.8 Å². The van der Waals surface area contributed by atoms with Crippen molar-refractivity contribution in [2.24, 2.45) is 11.5 Å². The molecule has 43 heavy (non-hydrogen) atoms. The number of carbonyl (C=O) groups is 1. The predicted octanol–water partition coefficient (Wildman–Crippen LogP) is 6.54. The molecule has 10 nitrogen and oxygen atoms in total. The summed E-state index contributed by atoms with van der Waals surface area (Å²) in [6, 6.07) is 0. The molecule has 0 aliphatic carbocycles. The van der Waals surface area contributed by atoms with Crippen LogP contribution in [0.4, 0.5) is 0 Å². The van der Waals surface area contributed by atoms with Gasteiger partial charge < -0.3 is 41.2 Å². The van der Waals surface area contributed by atoms with Gasteiger partial charge in [0.25, 0.3) is 0 Å².